The first kappa shape index (κ1) is 17.1. The minimum absolute atomic E-state index is 0.00447. The first-order valence-electron chi connectivity index (χ1n) is 7.21. The van der Waals surface area contributed by atoms with Crippen LogP contribution >= 0.6 is 22.9 Å². The summed E-state index contributed by atoms with van der Waals surface area (Å²) in [4.78, 5) is 26.8. The summed E-state index contributed by atoms with van der Waals surface area (Å²) in [5.74, 6) is -0.401. The lowest BCUT2D eigenvalue weighted by Crippen LogP contribution is -2.25. The molecule has 0 fully saturated rings. The maximum atomic E-state index is 12.1. The van der Waals surface area contributed by atoms with Crippen LogP contribution in [0.2, 0.25) is 5.02 Å². The molecule has 0 saturated heterocycles. The van der Waals surface area contributed by atoms with Crippen LogP contribution in [0.5, 0.6) is 0 Å². The van der Waals surface area contributed by atoms with E-state index in [0.717, 1.165) is 16.9 Å². The summed E-state index contributed by atoms with van der Waals surface area (Å²) in [6.45, 7) is 0.359. The van der Waals surface area contributed by atoms with E-state index in [1.165, 1.54) is 23.5 Å². The van der Waals surface area contributed by atoms with Crippen molar-refractivity contribution in [3.63, 3.8) is 0 Å². The number of hydrogen-bond acceptors (Lipinski definition) is 6. The monoisotopic (exact) mass is 377 g/mol. The van der Waals surface area contributed by atoms with E-state index in [-0.39, 0.29) is 16.3 Å². The number of benzene rings is 1. The molecule has 0 aliphatic carbocycles. The van der Waals surface area contributed by atoms with E-state index < -0.39 is 10.8 Å². The second-order valence-corrected chi connectivity index (χ2v) is 6.25. The molecule has 1 aromatic carbocycles. The van der Waals surface area contributed by atoms with E-state index in [4.69, 9.17) is 11.6 Å². The number of aromatic nitrogens is 3. The number of nitro groups is 1. The van der Waals surface area contributed by atoms with Crippen molar-refractivity contribution < 1.29 is 9.72 Å². The third-order valence-electron chi connectivity index (χ3n) is 3.31. The van der Waals surface area contributed by atoms with Crippen molar-refractivity contribution in [3.05, 3.63) is 68.4 Å². The molecule has 2 heterocycles. The van der Waals surface area contributed by atoms with Crippen LogP contribution in [0.15, 0.2) is 42.0 Å². The molecule has 25 heavy (non-hydrogen) atoms. The summed E-state index contributed by atoms with van der Waals surface area (Å²) in [5.41, 5.74) is 0.724. The normalized spacial score (nSPS) is 10.6. The Morgan fingerprint density at radius 2 is 2.28 bits per heavy atom. The third-order valence-corrected chi connectivity index (χ3v) is 4.51. The Hall–Kier alpha value is -2.78. The summed E-state index contributed by atoms with van der Waals surface area (Å²) in [6, 6.07) is 5.76. The molecule has 8 nitrogen and oxygen atoms in total. The highest BCUT2D eigenvalue weighted by atomic mass is 35.5. The zero-order chi connectivity index (χ0) is 17.8. The number of thiazole rings is 1. The Labute approximate surface area is 151 Å². The second kappa shape index (κ2) is 7.41. The zero-order valence-corrected chi connectivity index (χ0v) is 14.3. The van der Waals surface area contributed by atoms with Gasteiger partial charge in [-0.2, -0.15) is 5.10 Å². The fraction of sp³-hybridized carbons (Fsp3) is 0.133. The van der Waals surface area contributed by atoms with Crippen LogP contribution in [0.25, 0.3) is 5.13 Å². The first-order chi connectivity index (χ1) is 12.0. The van der Waals surface area contributed by atoms with Crippen molar-refractivity contribution in [1.29, 1.82) is 0 Å². The highest BCUT2D eigenvalue weighted by Gasteiger charge is 2.16. The van der Waals surface area contributed by atoms with Gasteiger partial charge in [-0.15, -0.1) is 11.3 Å². The van der Waals surface area contributed by atoms with Gasteiger partial charge >= 0.3 is 0 Å². The van der Waals surface area contributed by atoms with E-state index in [1.54, 1.807) is 17.1 Å². The van der Waals surface area contributed by atoms with E-state index in [0.29, 0.717) is 13.0 Å². The minimum Gasteiger partial charge on any atom is -0.352 e. The number of halogens is 1. The number of hydrogen-bond donors (Lipinski definition) is 1. The molecular formula is C15H12ClN5O3S. The molecule has 10 heteroatoms. The van der Waals surface area contributed by atoms with Gasteiger partial charge in [0.05, 0.1) is 10.6 Å². The molecular weight excluding hydrogens is 366 g/mol. The largest absolute Gasteiger partial charge is 0.352 e. The number of nitrogens with one attached hydrogen (secondary N) is 1. The maximum absolute atomic E-state index is 12.1. The number of carbonyl (C=O) groups is 1. The van der Waals surface area contributed by atoms with Gasteiger partial charge in [-0.05, 0) is 18.2 Å². The average molecular weight is 378 g/mol. The van der Waals surface area contributed by atoms with Gasteiger partial charge in [0.15, 0.2) is 0 Å². The van der Waals surface area contributed by atoms with Gasteiger partial charge in [0.25, 0.3) is 11.6 Å². The number of nitro benzene ring substituents is 1. The molecule has 0 aliphatic rings. The average Bonchev–Trinajstić information content (AvgIpc) is 3.26. The predicted molar refractivity (Wildman–Crippen MR) is 93.4 cm³/mol. The van der Waals surface area contributed by atoms with Crippen LogP contribution in [0, 0.1) is 10.1 Å². The minimum atomic E-state index is -0.620. The SMILES string of the molecule is O=C(NCCc1csc(-n2cccn2)n1)c1ccc(Cl)c([N+](=O)[O-])c1. The van der Waals surface area contributed by atoms with Crippen LogP contribution in [-0.2, 0) is 6.42 Å². The molecule has 128 valence electrons. The molecule has 2 aromatic heterocycles. The van der Waals surface area contributed by atoms with Crippen molar-refractivity contribution in [1.82, 2.24) is 20.1 Å². The molecule has 0 radical (unpaired) electrons. The second-order valence-electron chi connectivity index (χ2n) is 5.00. The molecule has 0 bridgehead atoms. The van der Waals surface area contributed by atoms with E-state index >= 15 is 0 Å². The van der Waals surface area contributed by atoms with Crippen molar-refractivity contribution in [2.75, 3.05) is 6.54 Å². The summed E-state index contributed by atoms with van der Waals surface area (Å²) < 4.78 is 1.67. The predicted octanol–water partition coefficient (Wildman–Crippen LogP) is 2.86. The third kappa shape index (κ3) is 4.01. The molecule has 0 aliphatic heterocycles. The first-order valence-corrected chi connectivity index (χ1v) is 8.47. The smallest absolute Gasteiger partial charge is 0.288 e. The van der Waals surface area contributed by atoms with Gasteiger partial charge in [0.1, 0.15) is 5.02 Å². The Bertz CT molecular complexity index is 910. The van der Waals surface area contributed by atoms with Crippen molar-refractivity contribution in [2.24, 2.45) is 0 Å². The van der Waals surface area contributed by atoms with Gasteiger partial charge in [0.2, 0.25) is 5.13 Å². The van der Waals surface area contributed by atoms with Crippen LogP contribution < -0.4 is 5.32 Å². The summed E-state index contributed by atoms with van der Waals surface area (Å²) >= 11 is 7.19. The van der Waals surface area contributed by atoms with Crippen LogP contribution in [-0.4, -0.2) is 32.1 Å². The van der Waals surface area contributed by atoms with Crippen molar-refractivity contribution >= 4 is 34.5 Å². The van der Waals surface area contributed by atoms with Gasteiger partial charge in [-0.25, -0.2) is 9.67 Å². The Balaban J connectivity index is 1.58. The molecule has 1 N–H and O–H groups in total. The zero-order valence-electron chi connectivity index (χ0n) is 12.8. The lowest BCUT2D eigenvalue weighted by Gasteiger charge is -2.04. The van der Waals surface area contributed by atoms with Crippen LogP contribution in [0.4, 0.5) is 5.69 Å². The fourth-order valence-corrected chi connectivity index (χ4v) is 3.08. The Morgan fingerprint density at radius 1 is 1.44 bits per heavy atom. The Morgan fingerprint density at radius 3 is 3.00 bits per heavy atom. The number of amides is 1. The highest BCUT2D eigenvalue weighted by molar-refractivity contribution is 7.12. The van der Waals surface area contributed by atoms with Crippen molar-refractivity contribution in [2.45, 2.75) is 6.42 Å². The standard InChI is InChI=1S/C15H12ClN5O3S/c16-12-3-2-10(8-13(12)21(23)24)14(22)17-6-4-11-9-25-15(19-11)20-7-1-5-18-20/h1-3,5,7-9H,4,6H2,(H,17,22). The molecule has 0 atom stereocenters. The molecule has 3 rings (SSSR count). The number of rotatable bonds is 6. The summed E-state index contributed by atoms with van der Waals surface area (Å²) in [6.07, 6.45) is 4.02. The lowest BCUT2D eigenvalue weighted by atomic mass is 10.2. The molecule has 1 amide bonds. The number of carbonyl (C=O) groups excluding carboxylic acids is 1. The lowest BCUT2D eigenvalue weighted by molar-refractivity contribution is -0.384. The molecule has 0 saturated carbocycles. The maximum Gasteiger partial charge on any atom is 0.288 e. The topological polar surface area (TPSA) is 103 Å². The summed E-state index contributed by atoms with van der Waals surface area (Å²) in [7, 11) is 0. The molecule has 0 spiro atoms. The van der Waals surface area contributed by atoms with Gasteiger partial charge in [0, 0.05) is 42.4 Å². The van der Waals surface area contributed by atoms with Gasteiger partial charge in [-0.3, -0.25) is 14.9 Å². The van der Waals surface area contributed by atoms with E-state index in [2.05, 4.69) is 15.4 Å². The van der Waals surface area contributed by atoms with Gasteiger partial charge in [-0.1, -0.05) is 11.6 Å². The Kier molecular flexibility index (Phi) is 5.05. The fourth-order valence-electron chi connectivity index (χ4n) is 2.10. The van der Waals surface area contributed by atoms with Gasteiger partial charge < -0.3 is 5.32 Å². The molecule has 0 unspecified atom stereocenters. The van der Waals surface area contributed by atoms with Crippen molar-refractivity contribution in [3.8, 4) is 5.13 Å². The quantitative estimate of drug-likeness (QED) is 0.525. The molecule has 3 aromatic rings. The highest BCUT2D eigenvalue weighted by Crippen LogP contribution is 2.25. The summed E-state index contributed by atoms with van der Waals surface area (Å²) in [5, 5.41) is 20.3. The van der Waals surface area contributed by atoms with Crippen LogP contribution in [0.1, 0.15) is 16.1 Å². The van der Waals surface area contributed by atoms with Crippen LogP contribution in [0.3, 0.4) is 0 Å². The van der Waals surface area contributed by atoms with E-state index in [1.807, 2.05) is 11.4 Å². The number of nitrogens with zero attached hydrogens (tertiary/aromatic N) is 4. The van der Waals surface area contributed by atoms with E-state index in [9.17, 15) is 14.9 Å².